The lowest BCUT2D eigenvalue weighted by Crippen LogP contribution is -2.00. The second-order valence-electron chi connectivity index (χ2n) is 5.03. The average molecular weight is 330 g/mol. The van der Waals surface area contributed by atoms with Gasteiger partial charge >= 0.3 is 0 Å². The van der Waals surface area contributed by atoms with Crippen molar-refractivity contribution in [2.24, 2.45) is 0 Å². The van der Waals surface area contributed by atoms with Crippen molar-refractivity contribution in [2.75, 3.05) is 0 Å². The number of hydrogen-bond donors (Lipinski definition) is 0. The van der Waals surface area contributed by atoms with Gasteiger partial charge in [-0.3, -0.25) is 4.98 Å². The summed E-state index contributed by atoms with van der Waals surface area (Å²) >= 11 is 12.1. The molecule has 3 aromatic rings. The highest BCUT2D eigenvalue weighted by molar-refractivity contribution is 6.32. The van der Waals surface area contributed by atoms with Gasteiger partial charge in [-0.1, -0.05) is 35.3 Å². The van der Waals surface area contributed by atoms with Crippen molar-refractivity contribution < 1.29 is 0 Å². The number of nitriles is 1. The number of hydrogen-bond acceptors (Lipinski definition) is 2. The van der Waals surface area contributed by atoms with Gasteiger partial charge in [0.1, 0.15) is 0 Å². The van der Waals surface area contributed by atoms with Gasteiger partial charge in [0.05, 0.1) is 34.4 Å². The zero-order valence-corrected chi connectivity index (χ0v) is 13.3. The molecule has 0 saturated carbocycles. The second-order valence-corrected chi connectivity index (χ2v) is 5.87. The second kappa shape index (κ2) is 6.39. The van der Waals surface area contributed by atoms with E-state index in [-0.39, 0.29) is 6.42 Å². The van der Waals surface area contributed by atoms with Crippen molar-refractivity contribution in [2.45, 2.75) is 19.3 Å². The summed E-state index contributed by atoms with van der Waals surface area (Å²) in [5.41, 5.74) is 3.97. The van der Waals surface area contributed by atoms with E-state index in [2.05, 4.69) is 11.1 Å². The minimum atomic E-state index is 0.285. The topological polar surface area (TPSA) is 41.1 Å². The Bertz CT molecular complexity index is 845. The molecular formula is C17H13Cl2N3. The highest BCUT2D eigenvalue weighted by Gasteiger charge is 2.11. The molecule has 0 spiro atoms. The van der Waals surface area contributed by atoms with Crippen LogP contribution in [0.15, 0.2) is 42.7 Å². The Morgan fingerprint density at radius 2 is 1.91 bits per heavy atom. The smallest absolute Gasteiger partial charge is 0.0773 e. The number of nitrogens with zero attached hydrogens (tertiary/aromatic N) is 3. The maximum atomic E-state index is 8.92. The van der Waals surface area contributed by atoms with Crippen LogP contribution in [0.4, 0.5) is 0 Å². The van der Waals surface area contributed by atoms with E-state index in [0.717, 1.165) is 34.8 Å². The zero-order chi connectivity index (χ0) is 15.5. The van der Waals surface area contributed by atoms with E-state index in [4.69, 9.17) is 28.5 Å². The monoisotopic (exact) mass is 329 g/mol. The van der Waals surface area contributed by atoms with Crippen LogP contribution in [0, 0.1) is 11.3 Å². The molecule has 1 aromatic carbocycles. The summed E-state index contributed by atoms with van der Waals surface area (Å²) in [6.07, 6.45) is 5.56. The van der Waals surface area contributed by atoms with Gasteiger partial charge in [0.15, 0.2) is 0 Å². The molecule has 0 bridgehead atoms. The van der Waals surface area contributed by atoms with Crippen LogP contribution in [0.25, 0.3) is 5.52 Å². The molecule has 0 radical (unpaired) electrons. The van der Waals surface area contributed by atoms with E-state index in [1.165, 1.54) is 5.56 Å². The van der Waals surface area contributed by atoms with Crippen LogP contribution < -0.4 is 0 Å². The third-order valence-electron chi connectivity index (χ3n) is 3.64. The lowest BCUT2D eigenvalue weighted by molar-refractivity contribution is 0.900. The first-order chi connectivity index (χ1) is 10.7. The summed E-state index contributed by atoms with van der Waals surface area (Å²) in [6, 6.07) is 11.9. The van der Waals surface area contributed by atoms with Crippen molar-refractivity contribution in [1.29, 1.82) is 5.26 Å². The fourth-order valence-electron chi connectivity index (χ4n) is 2.53. The maximum absolute atomic E-state index is 8.92. The molecule has 0 saturated heterocycles. The Balaban J connectivity index is 1.89. The van der Waals surface area contributed by atoms with Gasteiger partial charge in [0, 0.05) is 17.4 Å². The van der Waals surface area contributed by atoms with E-state index in [1.54, 1.807) is 6.20 Å². The van der Waals surface area contributed by atoms with Crippen molar-refractivity contribution in [1.82, 2.24) is 9.38 Å². The SMILES string of the molecule is N#CCc1c(Cl)cc2c(CCc3ccc(Cl)cc3)nccn12. The molecule has 0 aliphatic rings. The number of halogens is 2. The van der Waals surface area contributed by atoms with E-state index >= 15 is 0 Å². The fraction of sp³-hybridized carbons (Fsp3) is 0.176. The molecular weight excluding hydrogens is 317 g/mol. The summed E-state index contributed by atoms with van der Waals surface area (Å²) in [7, 11) is 0. The van der Waals surface area contributed by atoms with E-state index in [9.17, 15) is 0 Å². The normalized spacial score (nSPS) is 10.8. The first kappa shape index (κ1) is 14.9. The molecule has 5 heteroatoms. The highest BCUT2D eigenvalue weighted by Crippen LogP contribution is 2.24. The summed E-state index contributed by atoms with van der Waals surface area (Å²) in [4.78, 5) is 4.47. The Labute approximate surface area is 138 Å². The molecule has 0 aliphatic heterocycles. The summed E-state index contributed by atoms with van der Waals surface area (Å²) in [5, 5.41) is 10.3. The van der Waals surface area contributed by atoms with Crippen molar-refractivity contribution in [3.05, 3.63) is 69.7 Å². The maximum Gasteiger partial charge on any atom is 0.0773 e. The van der Waals surface area contributed by atoms with Crippen molar-refractivity contribution >= 4 is 28.7 Å². The Hall–Kier alpha value is -2.02. The van der Waals surface area contributed by atoms with Crippen LogP contribution in [0.1, 0.15) is 17.0 Å². The van der Waals surface area contributed by atoms with Crippen LogP contribution in [0.2, 0.25) is 10.0 Å². The molecule has 0 N–H and O–H groups in total. The molecule has 3 rings (SSSR count). The van der Waals surface area contributed by atoms with Crippen molar-refractivity contribution in [3.8, 4) is 6.07 Å². The third-order valence-corrected chi connectivity index (χ3v) is 4.22. The minimum Gasteiger partial charge on any atom is -0.315 e. The lowest BCUT2D eigenvalue weighted by atomic mass is 10.1. The molecule has 0 aliphatic carbocycles. The molecule has 0 atom stereocenters. The molecule has 0 fully saturated rings. The summed E-state index contributed by atoms with van der Waals surface area (Å²) < 4.78 is 1.95. The van der Waals surface area contributed by atoms with Gasteiger partial charge in [-0.15, -0.1) is 0 Å². The van der Waals surface area contributed by atoms with Crippen molar-refractivity contribution in [3.63, 3.8) is 0 Å². The van der Waals surface area contributed by atoms with Crippen LogP contribution in [0.5, 0.6) is 0 Å². The molecule has 22 heavy (non-hydrogen) atoms. The molecule has 110 valence electrons. The van der Waals surface area contributed by atoms with Gasteiger partial charge in [-0.2, -0.15) is 5.26 Å². The first-order valence-corrected chi connectivity index (χ1v) is 7.69. The standard InChI is InChI=1S/C17H13Cl2N3/c18-13-4-1-12(2-5-13)3-6-15-17-11-14(19)16(7-8-20)22(17)10-9-21-15/h1-2,4-5,9-11H,3,6-7H2. The predicted molar refractivity (Wildman–Crippen MR) is 88.4 cm³/mol. The Morgan fingerprint density at radius 3 is 2.64 bits per heavy atom. The number of rotatable bonds is 4. The number of benzene rings is 1. The van der Waals surface area contributed by atoms with Crippen LogP contribution in [0.3, 0.4) is 0 Å². The predicted octanol–water partition coefficient (Wildman–Crippen LogP) is 4.49. The zero-order valence-electron chi connectivity index (χ0n) is 11.8. The van der Waals surface area contributed by atoms with Gasteiger partial charge in [-0.25, -0.2) is 0 Å². The quantitative estimate of drug-likeness (QED) is 0.707. The van der Waals surface area contributed by atoms with Crippen LogP contribution >= 0.6 is 23.2 Å². The molecule has 3 nitrogen and oxygen atoms in total. The molecule has 2 aromatic heterocycles. The first-order valence-electron chi connectivity index (χ1n) is 6.94. The number of fused-ring (bicyclic) bond motifs is 1. The fourth-order valence-corrected chi connectivity index (χ4v) is 2.92. The van der Waals surface area contributed by atoms with E-state index in [1.807, 2.05) is 40.9 Å². The van der Waals surface area contributed by atoms with Gasteiger partial charge in [0.2, 0.25) is 0 Å². The van der Waals surface area contributed by atoms with Gasteiger partial charge in [0.25, 0.3) is 0 Å². The molecule has 2 heterocycles. The highest BCUT2D eigenvalue weighted by atomic mass is 35.5. The van der Waals surface area contributed by atoms with E-state index < -0.39 is 0 Å². The van der Waals surface area contributed by atoms with Gasteiger partial charge in [-0.05, 0) is 36.6 Å². The largest absolute Gasteiger partial charge is 0.315 e. The summed E-state index contributed by atoms with van der Waals surface area (Å²) in [5.74, 6) is 0. The average Bonchev–Trinajstić information content (AvgIpc) is 2.84. The number of aromatic nitrogens is 2. The Kier molecular flexibility index (Phi) is 4.33. The van der Waals surface area contributed by atoms with Crippen LogP contribution in [-0.2, 0) is 19.3 Å². The lowest BCUT2D eigenvalue weighted by Gasteiger charge is -2.05. The molecule has 0 unspecified atom stereocenters. The summed E-state index contributed by atoms with van der Waals surface area (Å²) in [6.45, 7) is 0. The van der Waals surface area contributed by atoms with Gasteiger partial charge < -0.3 is 4.40 Å². The third kappa shape index (κ3) is 2.94. The minimum absolute atomic E-state index is 0.285. The Morgan fingerprint density at radius 1 is 1.14 bits per heavy atom. The molecule has 0 amide bonds. The number of aryl methyl sites for hydroxylation is 2. The van der Waals surface area contributed by atoms with E-state index in [0.29, 0.717) is 5.02 Å². The van der Waals surface area contributed by atoms with Crippen LogP contribution in [-0.4, -0.2) is 9.38 Å².